The van der Waals surface area contributed by atoms with Crippen LogP contribution in [0.4, 0.5) is 4.79 Å². The summed E-state index contributed by atoms with van der Waals surface area (Å²) in [4.78, 5) is 14.8. The third-order valence-electron chi connectivity index (χ3n) is 3.27. The van der Waals surface area contributed by atoms with Crippen LogP contribution in [0.15, 0.2) is 18.3 Å². The quantitative estimate of drug-likeness (QED) is 0.749. The van der Waals surface area contributed by atoms with Crippen molar-refractivity contribution in [2.75, 3.05) is 6.54 Å². The van der Waals surface area contributed by atoms with Crippen LogP contribution in [0.5, 0.6) is 0 Å². The van der Waals surface area contributed by atoms with Crippen LogP contribution in [0, 0.1) is 5.92 Å². The zero-order valence-electron chi connectivity index (χ0n) is 12.5. The zero-order valence-corrected chi connectivity index (χ0v) is 12.5. The molecule has 1 atom stereocenters. The van der Waals surface area contributed by atoms with Crippen molar-refractivity contribution in [1.29, 1.82) is 0 Å². The third kappa shape index (κ3) is 5.25. The van der Waals surface area contributed by atoms with Gasteiger partial charge in [0.1, 0.15) is 5.60 Å². The van der Waals surface area contributed by atoms with E-state index in [1.54, 1.807) is 0 Å². The first-order chi connectivity index (χ1) is 9.44. The molecular weight excluding hydrogens is 254 g/mol. The van der Waals surface area contributed by atoms with Crippen molar-refractivity contribution >= 4 is 6.09 Å². The Labute approximate surface area is 120 Å². The zero-order chi connectivity index (χ0) is 14.6. The molecule has 1 aliphatic carbocycles. The first-order valence-corrected chi connectivity index (χ1v) is 7.26. The highest BCUT2D eigenvalue weighted by atomic mass is 16.6. The van der Waals surface area contributed by atoms with Gasteiger partial charge < -0.3 is 20.4 Å². The van der Waals surface area contributed by atoms with Gasteiger partial charge in [-0.2, -0.15) is 0 Å². The van der Waals surface area contributed by atoms with Gasteiger partial charge in [0.15, 0.2) is 0 Å². The van der Waals surface area contributed by atoms with Crippen LogP contribution in [-0.2, 0) is 11.3 Å². The second-order valence-electron chi connectivity index (χ2n) is 6.40. The molecule has 0 spiro atoms. The summed E-state index contributed by atoms with van der Waals surface area (Å²) >= 11 is 0. The SMILES string of the molecule is CC(C)(C)OC(=O)NCC(NCc1ccc[nH]1)C1CC1. The number of aromatic nitrogens is 1. The van der Waals surface area contributed by atoms with Crippen LogP contribution < -0.4 is 10.6 Å². The van der Waals surface area contributed by atoms with Gasteiger partial charge in [0.05, 0.1) is 0 Å². The highest BCUT2D eigenvalue weighted by Gasteiger charge is 2.31. The molecule has 0 aliphatic heterocycles. The Morgan fingerprint density at radius 3 is 2.80 bits per heavy atom. The van der Waals surface area contributed by atoms with E-state index in [1.165, 1.54) is 12.8 Å². The van der Waals surface area contributed by atoms with Crippen LogP contribution in [0.3, 0.4) is 0 Å². The predicted molar refractivity (Wildman–Crippen MR) is 78.4 cm³/mol. The standard InChI is InChI=1S/C15H25N3O2/c1-15(2,3)20-14(19)18-10-13(11-6-7-11)17-9-12-5-4-8-16-12/h4-5,8,11,13,16-17H,6-7,9-10H2,1-3H3,(H,18,19). The number of rotatable bonds is 6. The van der Waals surface area contributed by atoms with Gasteiger partial charge in [0, 0.05) is 31.0 Å². The molecule has 1 heterocycles. The lowest BCUT2D eigenvalue weighted by molar-refractivity contribution is 0.0521. The van der Waals surface area contributed by atoms with Gasteiger partial charge in [0.2, 0.25) is 0 Å². The predicted octanol–water partition coefficient (Wildman–Crippen LogP) is 2.41. The molecule has 0 bridgehead atoms. The number of carbonyl (C=O) groups is 1. The van der Waals surface area contributed by atoms with Crippen molar-refractivity contribution in [3.8, 4) is 0 Å². The van der Waals surface area contributed by atoms with Crippen LogP contribution in [0.25, 0.3) is 0 Å². The van der Waals surface area contributed by atoms with Crippen LogP contribution in [0.1, 0.15) is 39.3 Å². The highest BCUT2D eigenvalue weighted by molar-refractivity contribution is 5.67. The van der Waals surface area contributed by atoms with Gasteiger partial charge in [-0.1, -0.05) is 0 Å². The molecule has 1 aliphatic rings. The largest absolute Gasteiger partial charge is 0.444 e. The summed E-state index contributed by atoms with van der Waals surface area (Å²) in [6.07, 6.45) is 4.05. The Hall–Kier alpha value is -1.49. The molecule has 5 heteroatoms. The number of amides is 1. The molecule has 20 heavy (non-hydrogen) atoms. The third-order valence-corrected chi connectivity index (χ3v) is 3.27. The van der Waals surface area contributed by atoms with Crippen molar-refractivity contribution in [2.24, 2.45) is 5.92 Å². The molecule has 0 saturated heterocycles. The molecule has 1 amide bonds. The molecule has 1 aromatic heterocycles. The molecule has 1 fully saturated rings. The Bertz CT molecular complexity index is 419. The smallest absolute Gasteiger partial charge is 0.407 e. The van der Waals surface area contributed by atoms with E-state index in [9.17, 15) is 4.79 Å². The molecule has 3 N–H and O–H groups in total. The van der Waals surface area contributed by atoms with Gasteiger partial charge in [-0.15, -0.1) is 0 Å². The lowest BCUT2D eigenvalue weighted by Gasteiger charge is -2.22. The fourth-order valence-corrected chi connectivity index (χ4v) is 2.13. The summed E-state index contributed by atoms with van der Waals surface area (Å²) in [6, 6.07) is 4.35. The summed E-state index contributed by atoms with van der Waals surface area (Å²) in [5, 5.41) is 6.36. The van der Waals surface area contributed by atoms with Gasteiger partial charge in [-0.25, -0.2) is 4.79 Å². The molecule has 0 aromatic carbocycles. The second-order valence-corrected chi connectivity index (χ2v) is 6.40. The van der Waals surface area contributed by atoms with E-state index in [2.05, 4.69) is 21.7 Å². The molecule has 112 valence electrons. The Kier molecular flexibility index (Phi) is 4.70. The fraction of sp³-hybridized carbons (Fsp3) is 0.667. The number of H-pyrrole nitrogens is 1. The Morgan fingerprint density at radius 1 is 1.50 bits per heavy atom. The lowest BCUT2D eigenvalue weighted by atomic mass is 10.2. The highest BCUT2D eigenvalue weighted by Crippen LogP contribution is 2.32. The Morgan fingerprint density at radius 2 is 2.25 bits per heavy atom. The molecule has 1 saturated carbocycles. The summed E-state index contributed by atoms with van der Waals surface area (Å²) in [6.45, 7) is 7.02. The summed E-state index contributed by atoms with van der Waals surface area (Å²) in [5.41, 5.74) is 0.713. The van der Waals surface area contributed by atoms with Crippen molar-refractivity contribution in [1.82, 2.24) is 15.6 Å². The van der Waals surface area contributed by atoms with E-state index in [0.717, 1.165) is 12.2 Å². The maximum atomic E-state index is 11.7. The fourth-order valence-electron chi connectivity index (χ4n) is 2.13. The first-order valence-electron chi connectivity index (χ1n) is 7.26. The molecule has 5 nitrogen and oxygen atoms in total. The average Bonchev–Trinajstić information content (AvgIpc) is 3.03. The number of ether oxygens (including phenoxy) is 1. The maximum Gasteiger partial charge on any atom is 0.407 e. The van der Waals surface area contributed by atoms with Gasteiger partial charge >= 0.3 is 6.09 Å². The maximum absolute atomic E-state index is 11.7. The monoisotopic (exact) mass is 279 g/mol. The van der Waals surface area contributed by atoms with Crippen molar-refractivity contribution in [3.63, 3.8) is 0 Å². The average molecular weight is 279 g/mol. The van der Waals surface area contributed by atoms with E-state index in [-0.39, 0.29) is 6.09 Å². The van der Waals surface area contributed by atoms with E-state index in [4.69, 9.17) is 4.74 Å². The number of nitrogens with one attached hydrogen (secondary N) is 3. The molecule has 0 radical (unpaired) electrons. The van der Waals surface area contributed by atoms with E-state index >= 15 is 0 Å². The summed E-state index contributed by atoms with van der Waals surface area (Å²) in [5.74, 6) is 0.667. The summed E-state index contributed by atoms with van der Waals surface area (Å²) in [7, 11) is 0. The van der Waals surface area contributed by atoms with Gasteiger partial charge in [-0.05, 0) is 51.7 Å². The van der Waals surface area contributed by atoms with E-state index in [1.807, 2.05) is 33.0 Å². The lowest BCUT2D eigenvalue weighted by Crippen LogP contribution is -2.43. The Balaban J connectivity index is 1.73. The minimum atomic E-state index is -0.448. The number of aromatic amines is 1. The molecule has 1 unspecified atom stereocenters. The topological polar surface area (TPSA) is 66.2 Å². The number of hydrogen-bond donors (Lipinski definition) is 3. The number of carbonyl (C=O) groups excluding carboxylic acids is 1. The summed E-state index contributed by atoms with van der Waals surface area (Å²) < 4.78 is 5.25. The first kappa shape index (κ1) is 14.9. The van der Waals surface area contributed by atoms with Crippen molar-refractivity contribution < 1.29 is 9.53 Å². The minimum absolute atomic E-state index is 0.311. The van der Waals surface area contributed by atoms with Crippen LogP contribution >= 0.6 is 0 Å². The van der Waals surface area contributed by atoms with E-state index < -0.39 is 5.60 Å². The number of alkyl carbamates (subject to hydrolysis) is 1. The number of hydrogen-bond acceptors (Lipinski definition) is 3. The van der Waals surface area contributed by atoms with Gasteiger partial charge in [-0.3, -0.25) is 0 Å². The van der Waals surface area contributed by atoms with Gasteiger partial charge in [0.25, 0.3) is 0 Å². The molecule has 1 aromatic rings. The minimum Gasteiger partial charge on any atom is -0.444 e. The van der Waals surface area contributed by atoms with E-state index in [0.29, 0.717) is 18.5 Å². The molecule has 2 rings (SSSR count). The van der Waals surface area contributed by atoms with Crippen molar-refractivity contribution in [3.05, 3.63) is 24.0 Å². The van der Waals surface area contributed by atoms with Crippen LogP contribution in [-0.4, -0.2) is 29.3 Å². The van der Waals surface area contributed by atoms with Crippen LogP contribution in [0.2, 0.25) is 0 Å². The molecular formula is C15H25N3O2. The normalized spacial score (nSPS) is 16.8. The second kappa shape index (κ2) is 6.31. The van der Waals surface area contributed by atoms with Crippen molar-refractivity contribution in [2.45, 2.75) is 51.8 Å².